The number of nitrogens with zero attached hydrogens (tertiary/aromatic N) is 2. The zero-order valence-electron chi connectivity index (χ0n) is 19.0. The van der Waals surface area contributed by atoms with Crippen molar-refractivity contribution in [3.63, 3.8) is 0 Å². The van der Waals surface area contributed by atoms with Crippen LogP contribution in [0.15, 0.2) is 59.5 Å². The van der Waals surface area contributed by atoms with Crippen molar-refractivity contribution in [3.05, 3.63) is 60.2 Å². The van der Waals surface area contributed by atoms with Crippen molar-refractivity contribution < 1.29 is 22.7 Å². The van der Waals surface area contributed by atoms with Crippen LogP contribution in [0.25, 0.3) is 0 Å². The van der Waals surface area contributed by atoms with Crippen molar-refractivity contribution >= 4 is 27.6 Å². The number of carbonyl (C=O) groups excluding carboxylic acids is 2. The number of morpholine rings is 1. The normalized spacial score (nSPS) is 19.4. The molecular weight excluding hydrogens is 456 g/mol. The van der Waals surface area contributed by atoms with E-state index in [2.05, 4.69) is 10.6 Å². The van der Waals surface area contributed by atoms with E-state index in [9.17, 15) is 18.0 Å². The number of ether oxygens (including phenoxy) is 1. The number of rotatable bonds is 6. The molecule has 2 aromatic rings. The van der Waals surface area contributed by atoms with Gasteiger partial charge in [-0.15, -0.1) is 0 Å². The van der Waals surface area contributed by atoms with Crippen LogP contribution < -0.4 is 10.6 Å². The Hall–Kier alpha value is -2.95. The minimum absolute atomic E-state index is 0.109. The van der Waals surface area contributed by atoms with E-state index in [0.717, 1.165) is 24.1 Å². The number of sulfonamides is 1. The molecule has 2 heterocycles. The van der Waals surface area contributed by atoms with Gasteiger partial charge in [-0.25, -0.2) is 13.2 Å². The number of benzene rings is 2. The third-order valence-corrected chi connectivity index (χ3v) is 8.02. The zero-order chi connectivity index (χ0) is 24.0. The van der Waals surface area contributed by atoms with Crippen LogP contribution in [-0.4, -0.2) is 69.0 Å². The minimum Gasteiger partial charge on any atom is -0.379 e. The SMILES string of the molecule is O=C(NCc1ccc(S(=O)(=O)N2CCOCC2)cc1)C1CCCN(C(=O)Nc2ccccc2)C1. The van der Waals surface area contributed by atoms with Gasteiger partial charge in [0.05, 0.1) is 24.0 Å². The number of amides is 3. The monoisotopic (exact) mass is 486 g/mol. The highest BCUT2D eigenvalue weighted by atomic mass is 32.2. The Kier molecular flexibility index (Phi) is 7.81. The van der Waals surface area contributed by atoms with Crippen molar-refractivity contribution in [1.29, 1.82) is 0 Å². The van der Waals surface area contributed by atoms with Gasteiger partial charge in [-0.1, -0.05) is 30.3 Å². The third-order valence-electron chi connectivity index (χ3n) is 6.10. The van der Waals surface area contributed by atoms with Gasteiger partial charge >= 0.3 is 6.03 Å². The number of nitrogens with one attached hydrogen (secondary N) is 2. The summed E-state index contributed by atoms with van der Waals surface area (Å²) < 4.78 is 32.1. The molecule has 0 saturated carbocycles. The molecule has 34 heavy (non-hydrogen) atoms. The van der Waals surface area contributed by atoms with Gasteiger partial charge in [0, 0.05) is 38.4 Å². The Labute approximate surface area is 200 Å². The Morgan fingerprint density at radius 2 is 1.68 bits per heavy atom. The lowest BCUT2D eigenvalue weighted by Crippen LogP contribution is -2.46. The molecule has 2 fully saturated rings. The maximum absolute atomic E-state index is 12.7. The minimum atomic E-state index is -3.54. The summed E-state index contributed by atoms with van der Waals surface area (Å²) in [5.41, 5.74) is 1.53. The molecule has 2 N–H and O–H groups in total. The lowest BCUT2D eigenvalue weighted by atomic mass is 9.97. The molecule has 2 aromatic carbocycles. The van der Waals surface area contributed by atoms with Crippen LogP contribution in [0.3, 0.4) is 0 Å². The lowest BCUT2D eigenvalue weighted by molar-refractivity contribution is -0.126. The summed E-state index contributed by atoms with van der Waals surface area (Å²) in [6, 6.07) is 15.6. The highest BCUT2D eigenvalue weighted by molar-refractivity contribution is 7.89. The highest BCUT2D eigenvalue weighted by Crippen LogP contribution is 2.20. The van der Waals surface area contributed by atoms with Gasteiger partial charge < -0.3 is 20.3 Å². The van der Waals surface area contributed by atoms with Gasteiger partial charge in [-0.2, -0.15) is 4.31 Å². The molecule has 2 aliphatic rings. The number of piperidine rings is 1. The molecule has 0 radical (unpaired) electrons. The largest absolute Gasteiger partial charge is 0.379 e. The van der Waals surface area contributed by atoms with E-state index >= 15 is 0 Å². The van der Waals surface area contributed by atoms with E-state index in [1.807, 2.05) is 30.3 Å². The smallest absolute Gasteiger partial charge is 0.321 e. The van der Waals surface area contributed by atoms with E-state index in [0.29, 0.717) is 45.9 Å². The van der Waals surface area contributed by atoms with E-state index in [4.69, 9.17) is 4.74 Å². The Bertz CT molecular complexity index is 1090. The van der Waals surface area contributed by atoms with Crippen molar-refractivity contribution in [3.8, 4) is 0 Å². The number of para-hydroxylation sites is 1. The predicted octanol–water partition coefficient (Wildman–Crippen LogP) is 2.27. The fourth-order valence-corrected chi connectivity index (χ4v) is 5.56. The number of likely N-dealkylation sites (tertiary alicyclic amines) is 1. The molecule has 0 aromatic heterocycles. The van der Waals surface area contributed by atoms with Crippen LogP contribution in [0.4, 0.5) is 10.5 Å². The van der Waals surface area contributed by atoms with Gasteiger partial charge in [0.25, 0.3) is 0 Å². The zero-order valence-corrected chi connectivity index (χ0v) is 19.8. The molecule has 2 saturated heterocycles. The molecule has 2 aliphatic heterocycles. The van der Waals surface area contributed by atoms with Crippen LogP contribution in [0.1, 0.15) is 18.4 Å². The summed E-state index contributed by atoms with van der Waals surface area (Å²) in [4.78, 5) is 27.2. The maximum Gasteiger partial charge on any atom is 0.321 e. The summed E-state index contributed by atoms with van der Waals surface area (Å²) in [6.45, 7) is 2.77. The lowest BCUT2D eigenvalue weighted by Gasteiger charge is -2.32. The second-order valence-electron chi connectivity index (χ2n) is 8.46. The average molecular weight is 487 g/mol. The van der Waals surface area contributed by atoms with Crippen molar-refractivity contribution in [2.75, 3.05) is 44.7 Å². The fraction of sp³-hybridized carbons (Fsp3) is 0.417. The first-order chi connectivity index (χ1) is 16.4. The van der Waals surface area contributed by atoms with Crippen molar-refractivity contribution in [2.24, 2.45) is 5.92 Å². The van der Waals surface area contributed by atoms with Crippen molar-refractivity contribution in [2.45, 2.75) is 24.3 Å². The summed E-state index contributed by atoms with van der Waals surface area (Å²) in [6.07, 6.45) is 1.48. The van der Waals surface area contributed by atoms with Gasteiger partial charge in [0.1, 0.15) is 0 Å². The second kappa shape index (κ2) is 11.0. The number of urea groups is 1. The molecule has 0 bridgehead atoms. The molecule has 10 heteroatoms. The van der Waals surface area contributed by atoms with Crippen LogP contribution >= 0.6 is 0 Å². The van der Waals surface area contributed by atoms with Gasteiger partial charge in [0.15, 0.2) is 0 Å². The van der Waals surface area contributed by atoms with Crippen molar-refractivity contribution in [1.82, 2.24) is 14.5 Å². The highest BCUT2D eigenvalue weighted by Gasteiger charge is 2.29. The molecule has 3 amide bonds. The number of carbonyl (C=O) groups is 2. The Balaban J connectivity index is 1.28. The standard InChI is InChI=1S/C24H30N4O5S/c29-23(20-5-4-12-27(18-20)24(30)26-21-6-2-1-3-7-21)25-17-19-8-10-22(11-9-19)34(31,32)28-13-15-33-16-14-28/h1-3,6-11,20H,4-5,12-18H2,(H,25,29)(H,26,30). The molecule has 1 unspecified atom stereocenters. The van der Waals surface area contributed by atoms with E-state index < -0.39 is 10.0 Å². The maximum atomic E-state index is 12.7. The van der Waals surface area contributed by atoms with Crippen LogP contribution in [-0.2, 0) is 26.1 Å². The average Bonchev–Trinajstić information content (AvgIpc) is 2.88. The third kappa shape index (κ3) is 5.94. The first-order valence-corrected chi connectivity index (χ1v) is 12.9. The predicted molar refractivity (Wildman–Crippen MR) is 128 cm³/mol. The Morgan fingerprint density at radius 3 is 2.38 bits per heavy atom. The van der Waals surface area contributed by atoms with E-state index in [1.165, 1.54) is 4.31 Å². The van der Waals surface area contributed by atoms with Gasteiger partial charge in [-0.3, -0.25) is 4.79 Å². The second-order valence-corrected chi connectivity index (χ2v) is 10.4. The van der Waals surface area contributed by atoms with Gasteiger partial charge in [-0.05, 0) is 42.7 Å². The summed E-state index contributed by atoms with van der Waals surface area (Å²) in [5.74, 6) is -0.390. The van der Waals surface area contributed by atoms with E-state index in [-0.39, 0.29) is 22.8 Å². The Morgan fingerprint density at radius 1 is 0.971 bits per heavy atom. The quantitative estimate of drug-likeness (QED) is 0.651. The molecular formula is C24H30N4O5S. The topological polar surface area (TPSA) is 108 Å². The molecule has 0 aliphatic carbocycles. The number of hydrogen-bond donors (Lipinski definition) is 2. The number of hydrogen-bond acceptors (Lipinski definition) is 5. The molecule has 4 rings (SSSR count). The fourth-order valence-electron chi connectivity index (χ4n) is 4.15. The van der Waals surface area contributed by atoms with Gasteiger partial charge in [0.2, 0.25) is 15.9 Å². The summed E-state index contributed by atoms with van der Waals surface area (Å²) >= 11 is 0. The van der Waals surface area contributed by atoms with E-state index in [1.54, 1.807) is 29.2 Å². The summed E-state index contributed by atoms with van der Waals surface area (Å²) in [5, 5.41) is 5.79. The molecule has 9 nitrogen and oxygen atoms in total. The first-order valence-electron chi connectivity index (χ1n) is 11.5. The number of anilines is 1. The first kappa shape index (κ1) is 24.2. The van der Waals surface area contributed by atoms with Crippen LogP contribution in [0.5, 0.6) is 0 Å². The van der Waals surface area contributed by atoms with Crippen LogP contribution in [0, 0.1) is 5.92 Å². The molecule has 0 spiro atoms. The molecule has 182 valence electrons. The van der Waals surface area contributed by atoms with Crippen LogP contribution in [0.2, 0.25) is 0 Å². The molecule has 1 atom stereocenters. The summed E-state index contributed by atoms with van der Waals surface area (Å²) in [7, 11) is -3.54.